The van der Waals surface area contributed by atoms with Crippen molar-refractivity contribution in [1.29, 1.82) is 0 Å². The SMILES string of the molecule is O=C(Cc1ccccc1)Oc1ccccc1.[AlH3]. The van der Waals surface area contributed by atoms with Gasteiger partial charge in [0.2, 0.25) is 0 Å². The summed E-state index contributed by atoms with van der Waals surface area (Å²) in [6.07, 6.45) is 0.301. The van der Waals surface area contributed by atoms with E-state index in [1.807, 2.05) is 48.5 Å². The average Bonchev–Trinajstić information content (AvgIpc) is 2.31. The van der Waals surface area contributed by atoms with E-state index in [0.717, 1.165) is 5.56 Å². The fourth-order valence-corrected chi connectivity index (χ4v) is 1.42. The molecule has 0 aromatic heterocycles. The van der Waals surface area contributed by atoms with Gasteiger partial charge in [0, 0.05) is 0 Å². The van der Waals surface area contributed by atoms with Crippen molar-refractivity contribution in [2.24, 2.45) is 0 Å². The number of ether oxygens (including phenoxy) is 1. The van der Waals surface area contributed by atoms with E-state index in [4.69, 9.17) is 4.74 Å². The van der Waals surface area contributed by atoms with E-state index in [1.54, 1.807) is 12.1 Å². The second-order valence-electron chi connectivity index (χ2n) is 3.45. The van der Waals surface area contributed by atoms with Crippen LogP contribution in [0.4, 0.5) is 0 Å². The van der Waals surface area contributed by atoms with Crippen molar-refractivity contribution >= 4 is 23.3 Å². The Balaban J connectivity index is 0.00000144. The molecule has 2 rings (SSSR count). The summed E-state index contributed by atoms with van der Waals surface area (Å²) in [5.74, 6) is 0.348. The smallest absolute Gasteiger partial charge is 0.315 e. The zero-order chi connectivity index (χ0) is 11.2. The Hall–Kier alpha value is -1.56. The quantitative estimate of drug-likeness (QED) is 0.465. The molecule has 0 aliphatic carbocycles. The third-order valence-corrected chi connectivity index (χ3v) is 2.17. The summed E-state index contributed by atoms with van der Waals surface area (Å²) in [5.41, 5.74) is 0.962. The van der Waals surface area contributed by atoms with Gasteiger partial charge in [-0.15, -0.1) is 0 Å². The number of hydrogen-bond acceptors (Lipinski definition) is 2. The highest BCUT2D eigenvalue weighted by atomic mass is 27.0. The molecule has 0 aliphatic heterocycles. The maximum Gasteiger partial charge on any atom is 0.315 e. The fourth-order valence-electron chi connectivity index (χ4n) is 1.42. The highest BCUT2D eigenvalue weighted by Crippen LogP contribution is 2.10. The zero-order valence-corrected chi connectivity index (χ0v) is 8.80. The van der Waals surface area contributed by atoms with Gasteiger partial charge in [-0.2, -0.15) is 0 Å². The number of hydrogen-bond donors (Lipinski definition) is 0. The molecule has 86 valence electrons. The minimum absolute atomic E-state index is 0. The minimum Gasteiger partial charge on any atom is -0.426 e. The van der Waals surface area contributed by atoms with Crippen molar-refractivity contribution in [2.75, 3.05) is 0 Å². The molecule has 0 heterocycles. The lowest BCUT2D eigenvalue weighted by atomic mass is 10.2. The van der Waals surface area contributed by atoms with Gasteiger partial charge in [0.05, 0.1) is 6.42 Å². The molecule has 2 aromatic carbocycles. The largest absolute Gasteiger partial charge is 0.426 e. The molecule has 17 heavy (non-hydrogen) atoms. The summed E-state index contributed by atoms with van der Waals surface area (Å²) >= 11 is 0. The summed E-state index contributed by atoms with van der Waals surface area (Å²) in [7, 11) is 0. The highest BCUT2D eigenvalue weighted by Gasteiger charge is 2.05. The maximum atomic E-state index is 11.6. The van der Waals surface area contributed by atoms with Crippen LogP contribution in [-0.2, 0) is 11.2 Å². The molecule has 0 aliphatic rings. The minimum atomic E-state index is -0.239. The predicted molar refractivity (Wildman–Crippen MR) is 72.2 cm³/mol. The van der Waals surface area contributed by atoms with Crippen LogP contribution in [0.3, 0.4) is 0 Å². The van der Waals surface area contributed by atoms with Crippen molar-refractivity contribution in [3.05, 3.63) is 66.2 Å². The van der Waals surface area contributed by atoms with Crippen LogP contribution in [0.5, 0.6) is 5.75 Å². The van der Waals surface area contributed by atoms with Crippen molar-refractivity contribution in [1.82, 2.24) is 0 Å². The highest BCUT2D eigenvalue weighted by molar-refractivity contribution is 5.75. The summed E-state index contributed by atoms with van der Waals surface area (Å²) in [4.78, 5) is 11.6. The molecule has 0 bridgehead atoms. The van der Waals surface area contributed by atoms with Crippen LogP contribution in [0.15, 0.2) is 60.7 Å². The molecule has 2 nitrogen and oxygen atoms in total. The van der Waals surface area contributed by atoms with E-state index in [2.05, 4.69) is 0 Å². The Bertz CT molecular complexity index is 411. The van der Waals surface area contributed by atoms with Gasteiger partial charge in [-0.25, -0.2) is 0 Å². The first-order chi connectivity index (χ1) is 7.84. The van der Waals surface area contributed by atoms with Crippen LogP contribution in [0.1, 0.15) is 5.56 Å². The Morgan fingerprint density at radius 1 is 0.882 bits per heavy atom. The van der Waals surface area contributed by atoms with Crippen LogP contribution < -0.4 is 4.74 Å². The van der Waals surface area contributed by atoms with Crippen LogP contribution in [-0.4, -0.2) is 23.3 Å². The van der Waals surface area contributed by atoms with Gasteiger partial charge in [0.25, 0.3) is 0 Å². The molecule has 2 aromatic rings. The topological polar surface area (TPSA) is 26.3 Å². The van der Waals surface area contributed by atoms with Crippen molar-refractivity contribution in [2.45, 2.75) is 6.42 Å². The number of carbonyl (C=O) groups is 1. The Morgan fingerprint density at radius 3 is 2.00 bits per heavy atom. The predicted octanol–water partition coefficient (Wildman–Crippen LogP) is 1.65. The van der Waals surface area contributed by atoms with Crippen LogP contribution in [0.25, 0.3) is 0 Å². The van der Waals surface area contributed by atoms with Gasteiger partial charge < -0.3 is 4.74 Å². The summed E-state index contributed by atoms with van der Waals surface area (Å²) < 4.78 is 5.18. The first-order valence-electron chi connectivity index (χ1n) is 5.14. The molecule has 0 N–H and O–H groups in total. The molecule has 0 spiro atoms. The second kappa shape index (κ2) is 6.90. The molecule has 0 unspecified atom stereocenters. The molecule has 0 fully saturated rings. The molecule has 0 radical (unpaired) electrons. The fraction of sp³-hybridized carbons (Fsp3) is 0.0714. The van der Waals surface area contributed by atoms with Crippen molar-refractivity contribution in [3.8, 4) is 5.75 Å². The van der Waals surface area contributed by atoms with Gasteiger partial charge in [-0.05, 0) is 17.7 Å². The molecule has 0 atom stereocenters. The lowest BCUT2D eigenvalue weighted by Gasteiger charge is -2.03. The first kappa shape index (κ1) is 13.5. The van der Waals surface area contributed by atoms with Crippen LogP contribution in [0, 0.1) is 0 Å². The first-order valence-corrected chi connectivity index (χ1v) is 5.14. The summed E-state index contributed by atoms with van der Waals surface area (Å²) in [6, 6.07) is 18.7. The van der Waals surface area contributed by atoms with Crippen LogP contribution >= 0.6 is 0 Å². The number of rotatable bonds is 3. The monoisotopic (exact) mass is 242 g/mol. The molecular weight excluding hydrogens is 227 g/mol. The third kappa shape index (κ3) is 4.44. The summed E-state index contributed by atoms with van der Waals surface area (Å²) in [5, 5.41) is 0. The van der Waals surface area contributed by atoms with E-state index < -0.39 is 0 Å². The lowest BCUT2D eigenvalue weighted by molar-refractivity contribution is -0.133. The Morgan fingerprint density at radius 2 is 1.41 bits per heavy atom. The van der Waals surface area contributed by atoms with Gasteiger partial charge in [-0.3, -0.25) is 4.79 Å². The average molecular weight is 242 g/mol. The molecule has 3 heteroatoms. The lowest BCUT2D eigenvalue weighted by Crippen LogP contribution is -2.10. The molecule has 0 saturated carbocycles. The molecule has 0 saturated heterocycles. The van der Waals surface area contributed by atoms with Gasteiger partial charge in [0.1, 0.15) is 5.75 Å². The number of para-hydroxylation sites is 1. The van der Waals surface area contributed by atoms with Crippen LogP contribution in [0.2, 0.25) is 0 Å². The Labute approximate surface area is 111 Å². The number of esters is 1. The molecular formula is C14H15AlO2. The van der Waals surface area contributed by atoms with Gasteiger partial charge >= 0.3 is 5.97 Å². The maximum absolute atomic E-state index is 11.6. The second-order valence-corrected chi connectivity index (χ2v) is 3.45. The number of carbonyl (C=O) groups excluding carboxylic acids is 1. The summed E-state index contributed by atoms with van der Waals surface area (Å²) in [6.45, 7) is 0. The Kier molecular flexibility index (Phi) is 5.49. The number of benzene rings is 2. The van der Waals surface area contributed by atoms with E-state index in [1.165, 1.54) is 0 Å². The van der Waals surface area contributed by atoms with Crippen molar-refractivity contribution < 1.29 is 9.53 Å². The van der Waals surface area contributed by atoms with E-state index in [-0.39, 0.29) is 23.3 Å². The van der Waals surface area contributed by atoms with Gasteiger partial charge in [-0.1, -0.05) is 48.5 Å². The van der Waals surface area contributed by atoms with Gasteiger partial charge in [0.15, 0.2) is 17.4 Å². The molecule has 0 amide bonds. The van der Waals surface area contributed by atoms with E-state index >= 15 is 0 Å². The van der Waals surface area contributed by atoms with E-state index in [9.17, 15) is 4.79 Å². The normalized spacial score (nSPS) is 9.18. The zero-order valence-electron chi connectivity index (χ0n) is 8.80. The van der Waals surface area contributed by atoms with E-state index in [0.29, 0.717) is 12.2 Å². The standard InChI is InChI=1S/C14H12O2.Al.3H/c15-14(11-12-7-3-1-4-8-12)16-13-9-5-2-6-10-13;;;;/h1-10H,11H2;;;;. The third-order valence-electron chi connectivity index (χ3n) is 2.17. The van der Waals surface area contributed by atoms with Crippen molar-refractivity contribution in [3.63, 3.8) is 0 Å².